The van der Waals surface area contributed by atoms with E-state index < -0.39 is 11.7 Å². The maximum Gasteiger partial charge on any atom is 0.255 e. The molecule has 1 N–H and O–H groups in total. The number of carbonyl (C=O) groups is 1. The van der Waals surface area contributed by atoms with Crippen molar-refractivity contribution in [1.82, 2.24) is 0 Å². The van der Waals surface area contributed by atoms with Crippen LogP contribution in [0.2, 0.25) is 0 Å². The fourth-order valence-corrected chi connectivity index (χ4v) is 1.84. The average Bonchev–Trinajstić information content (AvgIpc) is 2.49. The van der Waals surface area contributed by atoms with E-state index in [1.807, 2.05) is 6.07 Å². The molecule has 0 aromatic heterocycles. The van der Waals surface area contributed by atoms with E-state index in [2.05, 4.69) is 21.2 Å². The van der Waals surface area contributed by atoms with Crippen LogP contribution in [0.1, 0.15) is 10.4 Å². The van der Waals surface area contributed by atoms with Gasteiger partial charge in [-0.1, -0.05) is 0 Å². The Hall–Kier alpha value is -2.39. The minimum Gasteiger partial charge on any atom is -0.479 e. The lowest BCUT2D eigenvalue weighted by Crippen LogP contribution is -2.12. The highest BCUT2D eigenvalue weighted by Crippen LogP contribution is 2.19. The Morgan fingerprint density at radius 3 is 2.62 bits per heavy atom. The van der Waals surface area contributed by atoms with E-state index in [0.29, 0.717) is 15.9 Å². The van der Waals surface area contributed by atoms with Crippen molar-refractivity contribution in [2.24, 2.45) is 0 Å². The maximum atomic E-state index is 13.4. The normalized spacial score (nSPS) is 9.76. The first kappa shape index (κ1) is 15.0. The van der Waals surface area contributed by atoms with Crippen molar-refractivity contribution >= 4 is 27.5 Å². The van der Waals surface area contributed by atoms with Crippen LogP contribution in [-0.4, -0.2) is 12.5 Å². The third-order valence-corrected chi connectivity index (χ3v) is 3.24. The number of benzene rings is 2. The molecule has 6 heteroatoms. The number of ether oxygens (including phenoxy) is 1. The van der Waals surface area contributed by atoms with Crippen LogP contribution in [0, 0.1) is 17.1 Å². The first-order chi connectivity index (χ1) is 10.1. The van der Waals surface area contributed by atoms with Crippen LogP contribution in [0.15, 0.2) is 46.9 Å². The third-order valence-electron chi connectivity index (χ3n) is 2.60. The molecule has 0 fully saturated rings. The second kappa shape index (κ2) is 6.86. The molecule has 0 aliphatic carbocycles. The summed E-state index contributed by atoms with van der Waals surface area (Å²) in [7, 11) is 0. The molecular weight excluding hydrogens is 339 g/mol. The maximum absolute atomic E-state index is 13.4. The highest BCUT2D eigenvalue weighted by molar-refractivity contribution is 9.10. The summed E-state index contributed by atoms with van der Waals surface area (Å²) in [6.45, 7) is -0.0378. The van der Waals surface area contributed by atoms with Crippen LogP contribution in [0.5, 0.6) is 5.75 Å². The zero-order chi connectivity index (χ0) is 15.2. The summed E-state index contributed by atoms with van der Waals surface area (Å²) in [4.78, 5) is 12.0. The van der Waals surface area contributed by atoms with Gasteiger partial charge in [0, 0.05) is 11.3 Å². The Morgan fingerprint density at radius 1 is 1.29 bits per heavy atom. The van der Waals surface area contributed by atoms with E-state index in [0.717, 1.165) is 6.07 Å². The van der Waals surface area contributed by atoms with E-state index in [-0.39, 0.29) is 12.2 Å². The molecule has 2 aromatic rings. The zero-order valence-corrected chi connectivity index (χ0v) is 12.4. The number of rotatable bonds is 4. The second-order valence-corrected chi connectivity index (χ2v) is 4.91. The predicted octanol–water partition coefficient (Wildman–Crippen LogP) is 3.74. The summed E-state index contributed by atoms with van der Waals surface area (Å²) in [5.74, 6) is -0.376. The number of nitriles is 1. The Kier molecular flexibility index (Phi) is 4.90. The molecule has 0 unspecified atom stereocenters. The highest BCUT2D eigenvalue weighted by atomic mass is 79.9. The lowest BCUT2D eigenvalue weighted by atomic mass is 10.2. The molecular formula is C15H10BrFN2O2. The summed E-state index contributed by atoms with van der Waals surface area (Å²) in [6, 6.07) is 12.6. The van der Waals surface area contributed by atoms with E-state index >= 15 is 0 Å². The number of carbonyl (C=O) groups excluding carboxylic acids is 1. The molecule has 0 heterocycles. The second-order valence-electron chi connectivity index (χ2n) is 4.05. The summed E-state index contributed by atoms with van der Waals surface area (Å²) < 4.78 is 18.8. The Labute approximate surface area is 129 Å². The van der Waals surface area contributed by atoms with Crippen molar-refractivity contribution in [3.8, 4) is 11.8 Å². The van der Waals surface area contributed by atoms with Gasteiger partial charge in [0.15, 0.2) is 6.61 Å². The van der Waals surface area contributed by atoms with E-state index in [4.69, 9.17) is 10.00 Å². The van der Waals surface area contributed by atoms with Gasteiger partial charge in [0.2, 0.25) is 0 Å². The number of amides is 1. The van der Waals surface area contributed by atoms with Gasteiger partial charge in [-0.3, -0.25) is 4.79 Å². The van der Waals surface area contributed by atoms with Crippen LogP contribution in [0.3, 0.4) is 0 Å². The molecule has 0 saturated carbocycles. The SMILES string of the molecule is N#CCOc1ccc(NC(=O)c2ccc(Br)c(F)c2)cc1. The van der Waals surface area contributed by atoms with Crippen LogP contribution in [0.25, 0.3) is 0 Å². The van der Waals surface area contributed by atoms with Crippen molar-refractivity contribution in [2.45, 2.75) is 0 Å². The molecule has 0 spiro atoms. The predicted molar refractivity (Wildman–Crippen MR) is 79.6 cm³/mol. The summed E-state index contributed by atoms with van der Waals surface area (Å²) >= 11 is 3.03. The van der Waals surface area contributed by atoms with Gasteiger partial charge in [0.05, 0.1) is 4.47 Å². The van der Waals surface area contributed by atoms with Gasteiger partial charge in [0.1, 0.15) is 17.6 Å². The summed E-state index contributed by atoms with van der Waals surface area (Å²) in [6.07, 6.45) is 0. The Morgan fingerprint density at radius 2 is 2.00 bits per heavy atom. The monoisotopic (exact) mass is 348 g/mol. The van der Waals surface area contributed by atoms with Crippen molar-refractivity contribution in [2.75, 3.05) is 11.9 Å². The fourth-order valence-electron chi connectivity index (χ4n) is 1.59. The molecule has 2 aromatic carbocycles. The Bertz CT molecular complexity index is 696. The van der Waals surface area contributed by atoms with Crippen LogP contribution >= 0.6 is 15.9 Å². The van der Waals surface area contributed by atoms with Crippen molar-refractivity contribution in [3.63, 3.8) is 0 Å². The van der Waals surface area contributed by atoms with Gasteiger partial charge in [-0.2, -0.15) is 5.26 Å². The molecule has 0 bridgehead atoms. The highest BCUT2D eigenvalue weighted by Gasteiger charge is 2.09. The van der Waals surface area contributed by atoms with Crippen LogP contribution in [-0.2, 0) is 0 Å². The molecule has 106 valence electrons. The minimum absolute atomic E-state index is 0.0378. The fraction of sp³-hybridized carbons (Fsp3) is 0.0667. The minimum atomic E-state index is -0.497. The zero-order valence-electron chi connectivity index (χ0n) is 10.8. The standard InChI is InChI=1S/C15H10BrFN2O2/c16-13-6-1-10(9-14(13)17)15(20)19-11-2-4-12(5-3-11)21-8-7-18/h1-6,9H,8H2,(H,19,20). The van der Waals surface area contributed by atoms with Crippen LogP contribution < -0.4 is 10.1 Å². The number of halogens is 2. The summed E-state index contributed by atoms with van der Waals surface area (Å²) in [5.41, 5.74) is 0.771. The first-order valence-electron chi connectivity index (χ1n) is 5.96. The van der Waals surface area contributed by atoms with E-state index in [9.17, 15) is 9.18 Å². The molecule has 0 atom stereocenters. The van der Waals surface area contributed by atoms with Gasteiger partial charge in [0.25, 0.3) is 5.91 Å². The smallest absolute Gasteiger partial charge is 0.255 e. The molecule has 1 amide bonds. The van der Waals surface area contributed by atoms with Gasteiger partial charge >= 0.3 is 0 Å². The lowest BCUT2D eigenvalue weighted by Gasteiger charge is -2.07. The molecule has 0 aliphatic rings. The van der Waals surface area contributed by atoms with Gasteiger partial charge in [-0.05, 0) is 58.4 Å². The van der Waals surface area contributed by atoms with Crippen molar-refractivity contribution in [3.05, 3.63) is 58.3 Å². The van der Waals surface area contributed by atoms with Gasteiger partial charge in [-0.25, -0.2) is 4.39 Å². The number of anilines is 1. The molecule has 0 aliphatic heterocycles. The largest absolute Gasteiger partial charge is 0.479 e. The van der Waals surface area contributed by atoms with Crippen molar-refractivity contribution < 1.29 is 13.9 Å². The average molecular weight is 349 g/mol. The van der Waals surface area contributed by atoms with Gasteiger partial charge in [-0.15, -0.1) is 0 Å². The molecule has 4 nitrogen and oxygen atoms in total. The van der Waals surface area contributed by atoms with E-state index in [1.54, 1.807) is 24.3 Å². The first-order valence-corrected chi connectivity index (χ1v) is 6.75. The van der Waals surface area contributed by atoms with E-state index in [1.165, 1.54) is 12.1 Å². The Balaban J connectivity index is 2.05. The topological polar surface area (TPSA) is 62.1 Å². The van der Waals surface area contributed by atoms with Gasteiger partial charge < -0.3 is 10.1 Å². The third kappa shape index (κ3) is 4.04. The molecule has 0 radical (unpaired) electrons. The molecule has 0 saturated heterocycles. The number of hydrogen-bond donors (Lipinski definition) is 1. The lowest BCUT2D eigenvalue weighted by molar-refractivity contribution is 0.102. The van der Waals surface area contributed by atoms with Crippen LogP contribution in [0.4, 0.5) is 10.1 Å². The number of hydrogen-bond acceptors (Lipinski definition) is 3. The molecule has 2 rings (SSSR count). The number of nitrogens with one attached hydrogen (secondary N) is 1. The summed E-state index contributed by atoms with van der Waals surface area (Å²) in [5, 5.41) is 11.0. The quantitative estimate of drug-likeness (QED) is 0.915. The molecule has 21 heavy (non-hydrogen) atoms. The van der Waals surface area contributed by atoms with Crippen molar-refractivity contribution in [1.29, 1.82) is 5.26 Å². The number of nitrogens with zero attached hydrogens (tertiary/aromatic N) is 1.